The first kappa shape index (κ1) is 16.3. The molecule has 7 heteroatoms. The van der Waals surface area contributed by atoms with Gasteiger partial charge in [0, 0.05) is 6.07 Å². The molecule has 1 aromatic rings. The second-order valence-corrected chi connectivity index (χ2v) is 5.16. The summed E-state index contributed by atoms with van der Waals surface area (Å²) in [6, 6.07) is 4.72. The van der Waals surface area contributed by atoms with Gasteiger partial charge in [0.05, 0.1) is 18.6 Å². The van der Waals surface area contributed by atoms with Crippen LogP contribution in [0, 0.1) is 10.1 Å². The van der Waals surface area contributed by atoms with Crippen LogP contribution in [0.2, 0.25) is 0 Å². The van der Waals surface area contributed by atoms with Gasteiger partial charge in [-0.1, -0.05) is 12.1 Å². The van der Waals surface area contributed by atoms with E-state index < -0.39 is 13.0 Å². The lowest BCUT2D eigenvalue weighted by Gasteiger charge is -2.03. The summed E-state index contributed by atoms with van der Waals surface area (Å²) < 4.78 is 21.2. The maximum Gasteiger partial charge on any atom is 0.512 e. The molecule has 0 N–H and O–H groups in total. The van der Waals surface area contributed by atoms with Crippen LogP contribution in [-0.2, 0) is 15.5 Å². The van der Waals surface area contributed by atoms with E-state index in [1.54, 1.807) is 25.1 Å². The van der Waals surface area contributed by atoms with Gasteiger partial charge in [0.1, 0.15) is 0 Å². The lowest BCUT2D eigenvalue weighted by atomic mass is 10.1. The van der Waals surface area contributed by atoms with E-state index in [2.05, 4.69) is 0 Å². The molecule has 1 atom stereocenters. The summed E-state index contributed by atoms with van der Waals surface area (Å²) in [7, 11) is -0.238. The molecule has 0 saturated heterocycles. The first-order valence-electron chi connectivity index (χ1n) is 6.12. The van der Waals surface area contributed by atoms with Crippen molar-refractivity contribution in [3.63, 3.8) is 0 Å². The Hall–Kier alpha value is -1.78. The highest BCUT2D eigenvalue weighted by Gasteiger charge is 2.14. The Balaban J connectivity index is 2.63. The SMILES string of the molecule is CCO[P+](=O)CC=CCc1ccc([N+](=O)[O-])c(OC)c1. The third-order valence-electron chi connectivity index (χ3n) is 2.49. The highest BCUT2D eigenvalue weighted by Crippen LogP contribution is 2.28. The number of nitrogens with zero attached hydrogens (tertiary/aromatic N) is 1. The minimum atomic E-state index is -1.64. The minimum absolute atomic E-state index is 0.0559. The first-order chi connectivity index (χ1) is 9.58. The largest absolute Gasteiger partial charge is 0.512 e. The molecule has 0 amide bonds. The number of benzene rings is 1. The van der Waals surface area contributed by atoms with Gasteiger partial charge in [-0.25, -0.2) is 0 Å². The molecule has 1 rings (SSSR count). The zero-order chi connectivity index (χ0) is 15.0. The van der Waals surface area contributed by atoms with Crippen molar-refractivity contribution in [3.05, 3.63) is 46.0 Å². The maximum atomic E-state index is 11.3. The molecular formula is C13H17NO5P+. The Bertz CT molecular complexity index is 515. The molecule has 0 fully saturated rings. The van der Waals surface area contributed by atoms with Gasteiger partial charge in [-0.3, -0.25) is 10.1 Å². The summed E-state index contributed by atoms with van der Waals surface area (Å²) in [5.74, 6) is 0.237. The molecule has 1 aromatic carbocycles. The van der Waals surface area contributed by atoms with E-state index in [1.807, 2.05) is 6.08 Å². The second-order valence-electron chi connectivity index (χ2n) is 3.87. The number of hydrogen-bond donors (Lipinski definition) is 0. The molecule has 0 aliphatic heterocycles. The summed E-state index contributed by atoms with van der Waals surface area (Å²) in [5.41, 5.74) is 0.829. The van der Waals surface area contributed by atoms with Gasteiger partial charge in [0.15, 0.2) is 11.9 Å². The van der Waals surface area contributed by atoms with Crippen LogP contribution in [-0.4, -0.2) is 24.8 Å². The van der Waals surface area contributed by atoms with Crippen molar-refractivity contribution in [1.29, 1.82) is 0 Å². The van der Waals surface area contributed by atoms with Crippen molar-refractivity contribution in [2.45, 2.75) is 13.3 Å². The van der Waals surface area contributed by atoms with Crippen molar-refractivity contribution in [2.75, 3.05) is 19.9 Å². The molecule has 6 nitrogen and oxygen atoms in total. The van der Waals surface area contributed by atoms with Crippen molar-refractivity contribution < 1.29 is 18.7 Å². The highest BCUT2D eigenvalue weighted by molar-refractivity contribution is 7.39. The van der Waals surface area contributed by atoms with E-state index in [-0.39, 0.29) is 11.4 Å². The van der Waals surface area contributed by atoms with E-state index in [0.717, 1.165) is 5.56 Å². The van der Waals surface area contributed by atoms with E-state index >= 15 is 0 Å². The third-order valence-corrected chi connectivity index (χ3v) is 3.54. The number of methoxy groups -OCH3 is 1. The van der Waals surface area contributed by atoms with E-state index in [1.165, 1.54) is 13.2 Å². The van der Waals surface area contributed by atoms with Crippen LogP contribution < -0.4 is 4.74 Å². The molecule has 0 heterocycles. The van der Waals surface area contributed by atoms with Gasteiger partial charge in [-0.2, -0.15) is 0 Å². The Morgan fingerprint density at radius 2 is 2.15 bits per heavy atom. The predicted octanol–water partition coefficient (Wildman–Crippen LogP) is 3.48. The summed E-state index contributed by atoms with van der Waals surface area (Å²) in [4.78, 5) is 10.3. The molecule has 0 aliphatic carbocycles. The monoisotopic (exact) mass is 298 g/mol. The van der Waals surface area contributed by atoms with E-state index in [9.17, 15) is 14.7 Å². The molecule has 0 bridgehead atoms. The van der Waals surface area contributed by atoms with Crippen LogP contribution in [0.25, 0.3) is 0 Å². The normalized spacial score (nSPS) is 11.6. The molecule has 0 spiro atoms. The van der Waals surface area contributed by atoms with Gasteiger partial charge >= 0.3 is 13.7 Å². The van der Waals surface area contributed by atoms with Gasteiger partial charge in [0.25, 0.3) is 0 Å². The van der Waals surface area contributed by atoms with E-state index in [0.29, 0.717) is 19.2 Å². The number of rotatable bonds is 8. The van der Waals surface area contributed by atoms with Crippen LogP contribution >= 0.6 is 8.03 Å². The van der Waals surface area contributed by atoms with Crippen molar-refractivity contribution in [2.24, 2.45) is 0 Å². The standard InChI is InChI=1S/C13H17NO5P/c1-3-19-20(17)9-5-4-6-11-7-8-12(14(15)16)13(10-11)18-2/h4-5,7-8,10H,3,6,9H2,1-2H3/q+1. The van der Waals surface area contributed by atoms with E-state index in [4.69, 9.17) is 9.26 Å². The molecule has 1 unspecified atom stereocenters. The van der Waals surface area contributed by atoms with Crippen LogP contribution in [0.3, 0.4) is 0 Å². The van der Waals surface area contributed by atoms with Crippen molar-refractivity contribution in [1.82, 2.24) is 0 Å². The number of hydrogen-bond acceptors (Lipinski definition) is 5. The fraction of sp³-hybridized carbons (Fsp3) is 0.385. The first-order valence-corrected chi connectivity index (χ1v) is 7.48. The maximum absolute atomic E-state index is 11.3. The van der Waals surface area contributed by atoms with Gasteiger partial charge < -0.3 is 4.74 Å². The number of allylic oxidation sites excluding steroid dienone is 2. The fourth-order valence-corrected chi connectivity index (χ4v) is 2.29. The van der Waals surface area contributed by atoms with Crippen LogP contribution in [0.15, 0.2) is 30.4 Å². The third kappa shape index (κ3) is 5.07. The predicted molar refractivity (Wildman–Crippen MR) is 76.6 cm³/mol. The fourth-order valence-electron chi connectivity index (χ4n) is 1.58. The summed E-state index contributed by atoms with van der Waals surface area (Å²) in [6.07, 6.45) is 4.59. The molecule has 0 radical (unpaired) electrons. The Kier molecular flexibility index (Phi) is 6.84. The lowest BCUT2D eigenvalue weighted by molar-refractivity contribution is -0.385. The number of ether oxygens (including phenoxy) is 1. The van der Waals surface area contributed by atoms with Gasteiger partial charge in [0.2, 0.25) is 0 Å². The zero-order valence-corrected chi connectivity index (χ0v) is 12.3. The topological polar surface area (TPSA) is 78.7 Å². The highest BCUT2D eigenvalue weighted by atomic mass is 31.1. The summed E-state index contributed by atoms with van der Waals surface area (Å²) in [6.45, 7) is 2.22. The van der Waals surface area contributed by atoms with Crippen LogP contribution in [0.5, 0.6) is 5.75 Å². The van der Waals surface area contributed by atoms with Crippen LogP contribution in [0.4, 0.5) is 5.69 Å². The molecular weight excluding hydrogens is 281 g/mol. The molecule has 0 saturated carbocycles. The average Bonchev–Trinajstić information content (AvgIpc) is 2.43. The smallest absolute Gasteiger partial charge is 0.490 e. The summed E-state index contributed by atoms with van der Waals surface area (Å²) >= 11 is 0. The zero-order valence-electron chi connectivity index (χ0n) is 11.4. The average molecular weight is 298 g/mol. The van der Waals surface area contributed by atoms with Crippen molar-refractivity contribution in [3.8, 4) is 5.75 Å². The molecule has 108 valence electrons. The lowest BCUT2D eigenvalue weighted by Crippen LogP contribution is -1.94. The Morgan fingerprint density at radius 1 is 1.40 bits per heavy atom. The quantitative estimate of drug-likeness (QED) is 0.318. The van der Waals surface area contributed by atoms with Gasteiger partial charge in [-0.15, -0.1) is 4.52 Å². The minimum Gasteiger partial charge on any atom is -0.490 e. The van der Waals surface area contributed by atoms with Crippen molar-refractivity contribution >= 4 is 13.7 Å². The molecule has 0 aliphatic rings. The number of nitro benzene ring substituents is 1. The van der Waals surface area contributed by atoms with Gasteiger partial charge in [-0.05, 0) is 35.6 Å². The molecule has 20 heavy (non-hydrogen) atoms. The summed E-state index contributed by atoms with van der Waals surface area (Å²) in [5, 5.41) is 10.8. The molecule has 0 aromatic heterocycles. The Morgan fingerprint density at radius 3 is 2.75 bits per heavy atom. The Labute approximate surface area is 118 Å². The van der Waals surface area contributed by atoms with Crippen LogP contribution in [0.1, 0.15) is 12.5 Å². The second kappa shape index (κ2) is 8.40. The number of nitro groups is 1.